The number of anilines is 1. The van der Waals surface area contributed by atoms with E-state index >= 15 is 0 Å². The Morgan fingerprint density at radius 3 is 2.81 bits per heavy atom. The third-order valence-electron chi connectivity index (χ3n) is 2.95. The van der Waals surface area contributed by atoms with Crippen LogP contribution in [-0.4, -0.2) is 29.8 Å². The average Bonchev–Trinajstić information content (AvgIpc) is 3.08. The van der Waals surface area contributed by atoms with E-state index in [1.54, 1.807) is 35.2 Å². The van der Waals surface area contributed by atoms with Crippen molar-refractivity contribution in [2.45, 2.75) is 0 Å². The van der Waals surface area contributed by atoms with Gasteiger partial charge in [-0.3, -0.25) is 9.97 Å². The Morgan fingerprint density at radius 2 is 2.00 bits per heavy atom. The average molecular weight is 295 g/mol. The van der Waals surface area contributed by atoms with E-state index < -0.39 is 0 Å². The zero-order chi connectivity index (χ0) is 14.2. The molecule has 4 rings (SSSR count). The van der Waals surface area contributed by atoms with E-state index in [0.717, 1.165) is 5.56 Å². The maximum absolute atomic E-state index is 5.94. The second-order valence-corrected chi connectivity index (χ2v) is 5.26. The van der Waals surface area contributed by atoms with E-state index in [1.807, 2.05) is 12.1 Å². The predicted molar refractivity (Wildman–Crippen MR) is 79.5 cm³/mol. The van der Waals surface area contributed by atoms with Gasteiger partial charge in [0.2, 0.25) is 4.96 Å². The van der Waals surface area contributed by atoms with Gasteiger partial charge >= 0.3 is 0 Å². The minimum Gasteiger partial charge on any atom is -0.397 e. The summed E-state index contributed by atoms with van der Waals surface area (Å²) in [6.45, 7) is 0. The molecule has 7 nitrogen and oxygen atoms in total. The molecule has 0 aromatic carbocycles. The van der Waals surface area contributed by atoms with Gasteiger partial charge in [-0.15, -0.1) is 10.2 Å². The summed E-state index contributed by atoms with van der Waals surface area (Å²) in [6.07, 6.45) is 5.13. The van der Waals surface area contributed by atoms with Crippen LogP contribution in [0.1, 0.15) is 0 Å². The number of nitrogens with two attached hydrogens (primary N) is 1. The topological polar surface area (TPSA) is 94.9 Å². The molecule has 0 saturated heterocycles. The normalized spacial score (nSPS) is 11.0. The molecule has 0 aliphatic rings. The van der Waals surface area contributed by atoms with Crippen molar-refractivity contribution in [2.24, 2.45) is 0 Å². The van der Waals surface area contributed by atoms with Crippen LogP contribution >= 0.6 is 11.3 Å². The molecule has 21 heavy (non-hydrogen) atoms. The molecule has 4 aromatic heterocycles. The predicted octanol–water partition coefficient (Wildman–Crippen LogP) is 1.89. The van der Waals surface area contributed by atoms with Crippen LogP contribution in [0.3, 0.4) is 0 Å². The summed E-state index contributed by atoms with van der Waals surface area (Å²) < 4.78 is 1.69. The Morgan fingerprint density at radius 1 is 1.10 bits per heavy atom. The number of fused-ring (bicyclic) bond motifs is 1. The van der Waals surface area contributed by atoms with Crippen molar-refractivity contribution in [2.75, 3.05) is 5.73 Å². The molecule has 0 radical (unpaired) electrons. The van der Waals surface area contributed by atoms with Gasteiger partial charge in [0.25, 0.3) is 0 Å². The summed E-state index contributed by atoms with van der Waals surface area (Å²) in [5.41, 5.74) is 8.04. The fraction of sp³-hybridized carbons (Fsp3) is 0. The molecule has 0 bridgehead atoms. The fourth-order valence-corrected chi connectivity index (χ4v) is 2.84. The molecule has 4 aromatic rings. The summed E-state index contributed by atoms with van der Waals surface area (Å²) in [5, 5.41) is 13.5. The minimum absolute atomic E-state index is 0.588. The van der Waals surface area contributed by atoms with Gasteiger partial charge in [-0.25, -0.2) is 0 Å². The lowest BCUT2D eigenvalue weighted by atomic mass is 10.3. The third-order valence-corrected chi connectivity index (χ3v) is 3.86. The van der Waals surface area contributed by atoms with Crippen LogP contribution in [0.5, 0.6) is 0 Å². The van der Waals surface area contributed by atoms with E-state index in [2.05, 4.69) is 25.3 Å². The molecule has 0 amide bonds. The smallest absolute Gasteiger partial charge is 0.235 e. The maximum Gasteiger partial charge on any atom is 0.235 e. The van der Waals surface area contributed by atoms with Crippen LogP contribution in [0, 0.1) is 0 Å². The van der Waals surface area contributed by atoms with Crippen LogP contribution in [0.2, 0.25) is 0 Å². The van der Waals surface area contributed by atoms with Crippen molar-refractivity contribution >= 4 is 22.0 Å². The Bertz CT molecular complexity index is 913. The molecule has 0 atom stereocenters. The molecule has 102 valence electrons. The molecule has 0 aliphatic carbocycles. The Labute approximate surface area is 123 Å². The quantitative estimate of drug-likeness (QED) is 0.607. The Hall–Kier alpha value is -2.87. The minimum atomic E-state index is 0.588. The molecular weight excluding hydrogens is 286 g/mol. The highest BCUT2D eigenvalue weighted by Gasteiger charge is 2.16. The lowest BCUT2D eigenvalue weighted by Gasteiger charge is -1.98. The first-order chi connectivity index (χ1) is 10.3. The van der Waals surface area contributed by atoms with Gasteiger partial charge in [-0.2, -0.15) is 9.61 Å². The van der Waals surface area contributed by atoms with Crippen molar-refractivity contribution in [3.63, 3.8) is 0 Å². The van der Waals surface area contributed by atoms with Gasteiger partial charge in [0, 0.05) is 24.2 Å². The number of pyridine rings is 2. The van der Waals surface area contributed by atoms with Crippen LogP contribution in [-0.2, 0) is 0 Å². The van der Waals surface area contributed by atoms with Crippen molar-refractivity contribution in [3.8, 4) is 22.1 Å². The standard InChI is InChI=1S/C13H9N7S/c14-9-4-2-6-16-10(9)12-19-20-11(17-18-13(20)21-12)8-3-1-5-15-7-8/h1-7H,14H2. The van der Waals surface area contributed by atoms with Crippen LogP contribution in [0.25, 0.3) is 27.1 Å². The number of hydrogen-bond donors (Lipinski definition) is 1. The number of aromatic nitrogens is 6. The molecule has 0 spiro atoms. The third kappa shape index (κ3) is 1.93. The Kier molecular flexibility index (Phi) is 2.61. The highest BCUT2D eigenvalue weighted by atomic mass is 32.1. The summed E-state index contributed by atoms with van der Waals surface area (Å²) in [5.74, 6) is 0.648. The molecule has 4 heterocycles. The van der Waals surface area contributed by atoms with E-state index in [-0.39, 0.29) is 0 Å². The monoisotopic (exact) mass is 295 g/mol. The van der Waals surface area contributed by atoms with Crippen molar-refractivity contribution in [1.82, 2.24) is 29.8 Å². The molecular formula is C13H9N7S. The zero-order valence-electron chi connectivity index (χ0n) is 10.7. The largest absolute Gasteiger partial charge is 0.397 e. The van der Waals surface area contributed by atoms with Crippen LogP contribution in [0.15, 0.2) is 42.9 Å². The number of nitrogens with zero attached hydrogens (tertiary/aromatic N) is 6. The fourth-order valence-electron chi connectivity index (χ4n) is 1.98. The summed E-state index contributed by atoms with van der Waals surface area (Å²) in [7, 11) is 0. The van der Waals surface area contributed by atoms with Gasteiger partial charge in [0.15, 0.2) is 10.8 Å². The maximum atomic E-state index is 5.94. The Balaban J connectivity index is 1.89. The van der Waals surface area contributed by atoms with E-state index in [4.69, 9.17) is 5.73 Å². The van der Waals surface area contributed by atoms with Gasteiger partial charge in [-0.05, 0) is 24.3 Å². The van der Waals surface area contributed by atoms with Crippen molar-refractivity contribution in [3.05, 3.63) is 42.9 Å². The molecule has 8 heteroatoms. The van der Waals surface area contributed by atoms with E-state index in [9.17, 15) is 0 Å². The van der Waals surface area contributed by atoms with Crippen LogP contribution in [0.4, 0.5) is 5.69 Å². The molecule has 0 fully saturated rings. The lowest BCUT2D eigenvalue weighted by Crippen LogP contribution is -1.94. The second kappa shape index (κ2) is 4.60. The summed E-state index contributed by atoms with van der Waals surface area (Å²) >= 11 is 1.40. The summed E-state index contributed by atoms with van der Waals surface area (Å²) in [4.78, 5) is 9.05. The summed E-state index contributed by atoms with van der Waals surface area (Å²) in [6, 6.07) is 7.35. The molecule has 0 unspecified atom stereocenters. The first kappa shape index (κ1) is 11.9. The molecule has 0 saturated carbocycles. The zero-order valence-corrected chi connectivity index (χ0v) is 11.5. The first-order valence-electron chi connectivity index (χ1n) is 6.16. The van der Waals surface area contributed by atoms with Gasteiger partial charge in [-0.1, -0.05) is 11.3 Å². The van der Waals surface area contributed by atoms with Gasteiger partial charge < -0.3 is 5.73 Å². The van der Waals surface area contributed by atoms with E-state index in [1.165, 1.54) is 11.3 Å². The number of hydrogen-bond acceptors (Lipinski definition) is 7. The van der Waals surface area contributed by atoms with Crippen molar-refractivity contribution in [1.29, 1.82) is 0 Å². The van der Waals surface area contributed by atoms with E-state index in [0.29, 0.717) is 27.2 Å². The molecule has 2 N–H and O–H groups in total. The number of rotatable bonds is 2. The molecule has 0 aliphatic heterocycles. The number of nitrogen functional groups attached to an aromatic ring is 1. The second-order valence-electron chi connectivity index (χ2n) is 4.31. The lowest BCUT2D eigenvalue weighted by molar-refractivity contribution is 0.965. The first-order valence-corrected chi connectivity index (χ1v) is 6.98. The van der Waals surface area contributed by atoms with Crippen LogP contribution < -0.4 is 5.73 Å². The SMILES string of the molecule is Nc1cccnc1-c1nn2c(-c3cccnc3)nnc2s1. The van der Waals surface area contributed by atoms with Crippen molar-refractivity contribution < 1.29 is 0 Å². The highest BCUT2D eigenvalue weighted by Crippen LogP contribution is 2.29. The van der Waals surface area contributed by atoms with Gasteiger partial charge in [0.1, 0.15) is 5.69 Å². The van der Waals surface area contributed by atoms with Gasteiger partial charge in [0.05, 0.1) is 5.69 Å². The highest BCUT2D eigenvalue weighted by molar-refractivity contribution is 7.19.